The summed E-state index contributed by atoms with van der Waals surface area (Å²) in [5.74, 6) is 2.50. The lowest BCUT2D eigenvalue weighted by atomic mass is 10.0. The van der Waals surface area contributed by atoms with Crippen LogP contribution in [0.5, 0.6) is 5.75 Å². The zero-order valence-electron chi connectivity index (χ0n) is 19.3. The lowest BCUT2D eigenvalue weighted by Crippen LogP contribution is -2.26. The maximum absolute atomic E-state index is 12.0. The van der Waals surface area contributed by atoms with Gasteiger partial charge in [-0.25, -0.2) is 23.4 Å². The van der Waals surface area contributed by atoms with E-state index in [9.17, 15) is 8.42 Å². The van der Waals surface area contributed by atoms with Gasteiger partial charge in [0.05, 0.1) is 28.0 Å². The third kappa shape index (κ3) is 3.97. The predicted octanol–water partition coefficient (Wildman–Crippen LogP) is 4.28. The number of sulfone groups is 1. The molecule has 176 valence electrons. The van der Waals surface area contributed by atoms with Crippen molar-refractivity contribution >= 4 is 37.6 Å². The summed E-state index contributed by atoms with van der Waals surface area (Å²) in [4.78, 5) is 19.1. The van der Waals surface area contributed by atoms with Crippen molar-refractivity contribution in [1.29, 1.82) is 0 Å². The summed E-state index contributed by atoms with van der Waals surface area (Å²) < 4.78 is 30.0. The van der Waals surface area contributed by atoms with E-state index in [-0.39, 0.29) is 4.90 Å². The Balaban J connectivity index is 1.38. The third-order valence-corrected chi connectivity index (χ3v) is 7.40. The normalized spacial score (nSPS) is 14.1. The van der Waals surface area contributed by atoms with Crippen LogP contribution in [0, 0.1) is 6.92 Å². The second-order valence-corrected chi connectivity index (χ2v) is 10.8. The number of imidazole rings is 1. The fourth-order valence-electron chi connectivity index (χ4n) is 4.58. The van der Waals surface area contributed by atoms with Crippen LogP contribution in [0.25, 0.3) is 33.1 Å². The predicted molar refractivity (Wildman–Crippen MR) is 135 cm³/mol. The van der Waals surface area contributed by atoms with E-state index in [1.807, 2.05) is 19.1 Å². The summed E-state index contributed by atoms with van der Waals surface area (Å²) in [5, 5.41) is 0.805. The van der Waals surface area contributed by atoms with E-state index >= 15 is 0 Å². The summed E-state index contributed by atoms with van der Waals surface area (Å²) in [7, 11) is -3.32. The van der Waals surface area contributed by atoms with Crippen LogP contribution in [0.3, 0.4) is 0 Å². The van der Waals surface area contributed by atoms with Gasteiger partial charge in [-0.1, -0.05) is 12.1 Å². The monoisotopic (exact) mass is 485 g/mol. The number of benzene rings is 3. The molecule has 0 aliphatic carbocycles. The smallest absolute Gasteiger partial charge is 0.175 e. The van der Waals surface area contributed by atoms with E-state index < -0.39 is 9.84 Å². The molecule has 6 rings (SSSR count). The molecule has 8 nitrogen and oxygen atoms in total. The number of aryl methyl sites for hydroxylation is 1. The molecule has 9 heteroatoms. The van der Waals surface area contributed by atoms with Crippen LogP contribution in [0.15, 0.2) is 65.8 Å². The molecule has 0 amide bonds. The maximum atomic E-state index is 12.0. The zero-order valence-corrected chi connectivity index (χ0v) is 20.1. The molecule has 3 heterocycles. The molecule has 5 aromatic rings. The molecule has 0 fully saturated rings. The number of anilines is 1. The van der Waals surface area contributed by atoms with Gasteiger partial charge in [-0.05, 0) is 60.5 Å². The Morgan fingerprint density at radius 1 is 0.971 bits per heavy atom. The van der Waals surface area contributed by atoms with Gasteiger partial charge in [-0.3, -0.25) is 0 Å². The van der Waals surface area contributed by atoms with Gasteiger partial charge in [-0.15, -0.1) is 0 Å². The van der Waals surface area contributed by atoms with Gasteiger partial charge in [0.1, 0.15) is 30.3 Å². The van der Waals surface area contributed by atoms with Crippen molar-refractivity contribution in [2.45, 2.75) is 18.4 Å². The number of nitrogens with one attached hydrogen (secondary N) is 1. The SMILES string of the molecule is Cc1nc2ccc(-c3ccc4c(c3)CN(c3ncnc5cc(S(C)(=O)=O)ccc35)CCO4)cc2[nH]1. The number of aromatic nitrogens is 4. The first kappa shape index (κ1) is 21.5. The highest BCUT2D eigenvalue weighted by molar-refractivity contribution is 7.90. The first-order valence-corrected chi connectivity index (χ1v) is 13.2. The van der Waals surface area contributed by atoms with Gasteiger partial charge in [-0.2, -0.15) is 0 Å². The van der Waals surface area contributed by atoms with Crippen molar-refractivity contribution in [3.63, 3.8) is 0 Å². The fraction of sp³-hybridized carbons (Fsp3) is 0.192. The second-order valence-electron chi connectivity index (χ2n) is 8.80. The fourth-order valence-corrected chi connectivity index (χ4v) is 5.22. The standard InChI is InChI=1S/C26H23N5O3S/c1-16-29-22-7-3-18(12-24(22)30-16)17-4-8-25-19(11-17)14-31(9-10-34-25)26-21-6-5-20(35(2,32)33)13-23(21)27-15-28-26/h3-8,11-13,15H,9-10,14H2,1-2H3,(H,29,30). The average molecular weight is 486 g/mol. The third-order valence-electron chi connectivity index (χ3n) is 6.29. The van der Waals surface area contributed by atoms with Gasteiger partial charge in [0, 0.05) is 23.8 Å². The topological polar surface area (TPSA) is 101 Å². The highest BCUT2D eigenvalue weighted by atomic mass is 32.2. The first-order valence-electron chi connectivity index (χ1n) is 11.3. The summed E-state index contributed by atoms with van der Waals surface area (Å²) in [6.45, 7) is 3.71. The van der Waals surface area contributed by atoms with Crippen molar-refractivity contribution in [3.05, 3.63) is 72.3 Å². The molecule has 1 aliphatic heterocycles. The molecule has 0 radical (unpaired) electrons. The number of hydrogen-bond donors (Lipinski definition) is 1. The Bertz CT molecular complexity index is 1710. The Kier molecular flexibility index (Phi) is 4.96. The van der Waals surface area contributed by atoms with Crippen molar-refractivity contribution in [2.75, 3.05) is 24.3 Å². The van der Waals surface area contributed by atoms with Crippen molar-refractivity contribution in [3.8, 4) is 16.9 Å². The summed E-state index contributed by atoms with van der Waals surface area (Å²) >= 11 is 0. The molecule has 0 atom stereocenters. The van der Waals surface area contributed by atoms with Crippen LogP contribution in [-0.4, -0.2) is 47.8 Å². The lowest BCUT2D eigenvalue weighted by Gasteiger charge is -2.22. The van der Waals surface area contributed by atoms with Crippen LogP contribution < -0.4 is 9.64 Å². The van der Waals surface area contributed by atoms with Crippen molar-refractivity contribution in [2.24, 2.45) is 0 Å². The molecule has 1 aliphatic rings. The quantitative estimate of drug-likeness (QED) is 0.407. The van der Waals surface area contributed by atoms with Crippen molar-refractivity contribution < 1.29 is 13.2 Å². The van der Waals surface area contributed by atoms with Crippen molar-refractivity contribution in [1.82, 2.24) is 19.9 Å². The van der Waals surface area contributed by atoms with Gasteiger partial charge in [0.25, 0.3) is 0 Å². The zero-order chi connectivity index (χ0) is 24.2. The molecule has 2 aromatic heterocycles. The Hall–Kier alpha value is -3.98. The number of ether oxygens (including phenoxy) is 1. The van der Waals surface area contributed by atoms with E-state index in [1.165, 1.54) is 12.6 Å². The number of hydrogen-bond acceptors (Lipinski definition) is 7. The average Bonchev–Trinajstić information content (AvgIpc) is 3.08. The molecule has 0 spiro atoms. The Morgan fingerprint density at radius 3 is 2.66 bits per heavy atom. The maximum Gasteiger partial charge on any atom is 0.175 e. The van der Waals surface area contributed by atoms with E-state index in [0.29, 0.717) is 25.2 Å². The van der Waals surface area contributed by atoms with Crippen LogP contribution in [-0.2, 0) is 16.4 Å². The summed E-state index contributed by atoms with van der Waals surface area (Å²) in [6.07, 6.45) is 2.68. The minimum atomic E-state index is -3.32. The number of aromatic amines is 1. The van der Waals surface area contributed by atoms with E-state index in [0.717, 1.165) is 50.5 Å². The minimum Gasteiger partial charge on any atom is -0.491 e. The van der Waals surface area contributed by atoms with Crippen LogP contribution in [0.1, 0.15) is 11.4 Å². The summed E-state index contributed by atoms with van der Waals surface area (Å²) in [5.41, 5.74) is 5.80. The molecular weight excluding hydrogens is 462 g/mol. The van der Waals surface area contributed by atoms with Gasteiger partial charge in [0.2, 0.25) is 0 Å². The van der Waals surface area contributed by atoms with Gasteiger partial charge < -0.3 is 14.6 Å². The largest absolute Gasteiger partial charge is 0.491 e. The van der Waals surface area contributed by atoms with Crippen LogP contribution in [0.2, 0.25) is 0 Å². The van der Waals surface area contributed by atoms with Gasteiger partial charge in [0.15, 0.2) is 9.84 Å². The Morgan fingerprint density at radius 2 is 1.80 bits per heavy atom. The minimum absolute atomic E-state index is 0.244. The number of H-pyrrole nitrogens is 1. The highest BCUT2D eigenvalue weighted by Crippen LogP contribution is 2.33. The highest BCUT2D eigenvalue weighted by Gasteiger charge is 2.20. The molecule has 0 bridgehead atoms. The second kappa shape index (κ2) is 8.06. The molecule has 1 N–H and O–H groups in total. The summed E-state index contributed by atoms with van der Waals surface area (Å²) in [6, 6.07) is 17.5. The lowest BCUT2D eigenvalue weighted by molar-refractivity contribution is 0.331. The molecule has 0 saturated heterocycles. The van der Waals surface area contributed by atoms with E-state index in [4.69, 9.17) is 4.74 Å². The number of rotatable bonds is 3. The van der Waals surface area contributed by atoms with E-state index in [2.05, 4.69) is 49.1 Å². The number of nitrogens with zero attached hydrogens (tertiary/aromatic N) is 4. The Labute approximate surface area is 202 Å². The molecule has 0 saturated carbocycles. The van der Waals surface area contributed by atoms with Gasteiger partial charge >= 0.3 is 0 Å². The molecule has 3 aromatic carbocycles. The first-order chi connectivity index (χ1) is 16.8. The van der Waals surface area contributed by atoms with E-state index in [1.54, 1.807) is 18.2 Å². The number of fused-ring (bicyclic) bond motifs is 3. The molecule has 35 heavy (non-hydrogen) atoms. The molecule has 0 unspecified atom stereocenters. The van der Waals surface area contributed by atoms with Crippen LogP contribution in [0.4, 0.5) is 5.82 Å². The molecular formula is C26H23N5O3S. The van der Waals surface area contributed by atoms with Crippen LogP contribution >= 0.6 is 0 Å².